The van der Waals surface area contributed by atoms with E-state index in [4.69, 9.17) is 4.74 Å². The first kappa shape index (κ1) is 38.0. The van der Waals surface area contributed by atoms with E-state index in [0.29, 0.717) is 30.8 Å². The summed E-state index contributed by atoms with van der Waals surface area (Å²) < 4.78 is 43.9. The number of rotatable bonds is 9. The molecule has 1 aromatic carbocycles. The van der Waals surface area contributed by atoms with Crippen LogP contribution in [0.1, 0.15) is 105 Å². The molecule has 1 heterocycles. The number of nitrogens with one attached hydrogen (secondary N) is 1. The summed E-state index contributed by atoms with van der Waals surface area (Å²) in [7, 11) is -2.92. The number of allylic oxidation sites excluding steroid dienone is 2. The molecule has 1 unspecified atom stereocenters. The molecule has 0 bridgehead atoms. The molecule has 6 aliphatic rings. The minimum Gasteiger partial charge on any atom is -0.481 e. The van der Waals surface area contributed by atoms with Crippen LogP contribution in [0.3, 0.4) is 0 Å². The van der Waals surface area contributed by atoms with Gasteiger partial charge in [-0.15, -0.1) is 0 Å². The number of carboxylic acids is 1. The predicted molar refractivity (Wildman–Crippen MR) is 201 cm³/mol. The normalized spacial score (nSPS) is 41.4. The van der Waals surface area contributed by atoms with Crippen molar-refractivity contribution in [1.82, 2.24) is 10.2 Å². The predicted octanol–water partition coefficient (Wildman–Crippen LogP) is 7.23. The number of hydrogen-bond acceptors (Lipinski definition) is 7. The topological polar surface area (TPSA) is 113 Å². The van der Waals surface area contributed by atoms with Gasteiger partial charge in [-0.3, -0.25) is 9.59 Å². The number of carbonyl (C=O) groups is 2. The van der Waals surface area contributed by atoms with Crippen molar-refractivity contribution in [3.8, 4) is 5.75 Å². The summed E-state index contributed by atoms with van der Waals surface area (Å²) in [5, 5.41) is 14.4. The van der Waals surface area contributed by atoms with Gasteiger partial charge in [-0.05, 0) is 132 Å². The van der Waals surface area contributed by atoms with E-state index < -0.39 is 27.5 Å². The zero-order valence-corrected chi connectivity index (χ0v) is 33.0. The largest absolute Gasteiger partial charge is 0.481 e. The van der Waals surface area contributed by atoms with Crippen molar-refractivity contribution in [2.75, 3.05) is 37.7 Å². The maximum atomic E-state index is 15.0. The Morgan fingerprint density at radius 3 is 2.42 bits per heavy atom. The molecule has 0 radical (unpaired) electrons. The van der Waals surface area contributed by atoms with Crippen LogP contribution in [0.4, 0.5) is 4.39 Å². The van der Waals surface area contributed by atoms with Crippen LogP contribution in [0.15, 0.2) is 24.3 Å². The van der Waals surface area contributed by atoms with Crippen molar-refractivity contribution in [3.63, 3.8) is 0 Å². The van der Waals surface area contributed by atoms with Crippen molar-refractivity contribution >= 4 is 27.9 Å². The van der Waals surface area contributed by atoms with E-state index in [1.807, 2.05) is 13.0 Å². The van der Waals surface area contributed by atoms with Crippen molar-refractivity contribution in [3.05, 3.63) is 35.7 Å². The second-order valence-electron chi connectivity index (χ2n) is 19.0. The highest BCUT2D eigenvalue weighted by atomic mass is 32.2. The number of halogens is 1. The molecule has 52 heavy (non-hydrogen) atoms. The van der Waals surface area contributed by atoms with Gasteiger partial charge in [-0.2, -0.15) is 0 Å². The van der Waals surface area contributed by atoms with Crippen molar-refractivity contribution in [1.29, 1.82) is 0 Å². The van der Waals surface area contributed by atoms with Crippen LogP contribution in [-0.4, -0.2) is 74.1 Å². The van der Waals surface area contributed by atoms with Crippen LogP contribution < -0.4 is 10.1 Å². The molecule has 10 heteroatoms. The number of sulfone groups is 1. The molecule has 10 atom stereocenters. The molecule has 4 saturated carbocycles. The van der Waals surface area contributed by atoms with Gasteiger partial charge in [0.05, 0.1) is 17.4 Å². The number of aliphatic carboxylic acids is 1. The van der Waals surface area contributed by atoms with E-state index in [0.717, 1.165) is 76.4 Å². The molecular weight excluding hydrogens is 680 g/mol. The summed E-state index contributed by atoms with van der Waals surface area (Å²) in [6.45, 7) is 17.4. The summed E-state index contributed by atoms with van der Waals surface area (Å²) >= 11 is 0. The second-order valence-corrected chi connectivity index (χ2v) is 21.3. The van der Waals surface area contributed by atoms with Gasteiger partial charge in [-0.25, -0.2) is 12.8 Å². The van der Waals surface area contributed by atoms with Crippen LogP contribution in [0.5, 0.6) is 5.75 Å². The van der Waals surface area contributed by atoms with Gasteiger partial charge in [0, 0.05) is 31.7 Å². The molecule has 8 nitrogen and oxygen atoms in total. The third-order valence-electron chi connectivity index (χ3n) is 16.9. The van der Waals surface area contributed by atoms with Gasteiger partial charge in [-0.1, -0.05) is 53.7 Å². The van der Waals surface area contributed by atoms with E-state index in [1.54, 1.807) is 6.07 Å². The minimum atomic E-state index is -2.92. The second kappa shape index (κ2) is 13.2. The lowest BCUT2D eigenvalue weighted by Gasteiger charge is -2.72. The molecule has 7 rings (SSSR count). The Morgan fingerprint density at radius 1 is 1.02 bits per heavy atom. The zero-order chi connectivity index (χ0) is 37.5. The summed E-state index contributed by atoms with van der Waals surface area (Å²) in [4.78, 5) is 25.7. The van der Waals surface area contributed by atoms with Crippen LogP contribution in [-0.2, 0) is 19.4 Å². The number of fused-ring (bicyclic) bond motifs is 7. The lowest BCUT2D eigenvalue weighted by Crippen LogP contribution is -2.68. The Morgan fingerprint density at radius 2 is 1.75 bits per heavy atom. The SMILES string of the molecule is CC(C(=O)O)[C@@H]1CC[C@]2(NCCN3CCS(=O)(=O)CC3)CC[C@]3(C)[C@H](CC[C@@H]4[C@@]5(C)CC=C(c6ccc(OC=O)c(F)c6)C(C)(C)[C@@H]5CC[C@]43C)[C@@H]12. The number of nitrogens with zero attached hydrogens (tertiary/aromatic N) is 1. The van der Waals surface area contributed by atoms with Crippen LogP contribution in [0.2, 0.25) is 0 Å². The number of carbonyl (C=O) groups excluding carboxylic acids is 1. The Balaban J connectivity index is 1.17. The van der Waals surface area contributed by atoms with Crippen molar-refractivity contribution in [2.24, 2.45) is 57.2 Å². The first-order chi connectivity index (χ1) is 24.4. The van der Waals surface area contributed by atoms with Crippen molar-refractivity contribution < 1.29 is 32.2 Å². The Bertz CT molecular complexity index is 1720. The highest BCUT2D eigenvalue weighted by Crippen LogP contribution is 2.76. The summed E-state index contributed by atoms with van der Waals surface area (Å²) in [6, 6.07) is 4.96. The fourth-order valence-corrected chi connectivity index (χ4v) is 15.3. The Kier molecular flexibility index (Phi) is 9.63. The third-order valence-corrected chi connectivity index (χ3v) is 18.5. The van der Waals surface area contributed by atoms with Gasteiger partial charge in [0.1, 0.15) is 0 Å². The van der Waals surface area contributed by atoms with E-state index in [9.17, 15) is 27.5 Å². The van der Waals surface area contributed by atoms with Crippen LogP contribution in [0, 0.1) is 63.0 Å². The maximum Gasteiger partial charge on any atom is 0.306 e. The van der Waals surface area contributed by atoms with Gasteiger partial charge < -0.3 is 20.1 Å². The first-order valence-corrected chi connectivity index (χ1v) is 21.8. The summed E-state index contributed by atoms with van der Waals surface area (Å²) in [6.07, 6.45) is 11.9. The monoisotopic (exact) mass is 740 g/mol. The average Bonchev–Trinajstić information content (AvgIpc) is 3.46. The van der Waals surface area contributed by atoms with Crippen LogP contribution >= 0.6 is 0 Å². The van der Waals surface area contributed by atoms with E-state index >= 15 is 0 Å². The molecule has 5 aliphatic carbocycles. The molecule has 0 aromatic heterocycles. The number of benzene rings is 1. The molecule has 0 spiro atoms. The van der Waals surface area contributed by atoms with E-state index in [-0.39, 0.29) is 62.8 Å². The quantitative estimate of drug-likeness (QED) is 0.255. The fraction of sp³-hybridized carbons (Fsp3) is 0.762. The molecular formula is C42H61FN2O6S. The Labute approximate surface area is 310 Å². The van der Waals surface area contributed by atoms with E-state index in [1.165, 1.54) is 11.6 Å². The number of ether oxygens (including phenoxy) is 1. The van der Waals surface area contributed by atoms with Gasteiger partial charge in [0.2, 0.25) is 0 Å². The van der Waals surface area contributed by atoms with Gasteiger partial charge in [0.15, 0.2) is 21.4 Å². The van der Waals surface area contributed by atoms with Crippen molar-refractivity contribution in [2.45, 2.75) is 105 Å². The summed E-state index contributed by atoms with van der Waals surface area (Å²) in [5.41, 5.74) is 2.02. The molecule has 1 aliphatic heterocycles. The van der Waals surface area contributed by atoms with Crippen LogP contribution in [0.25, 0.3) is 5.57 Å². The molecule has 5 fully saturated rings. The number of hydrogen-bond donors (Lipinski definition) is 2. The number of carboxylic acid groups (broad SMARTS) is 1. The highest BCUT2D eigenvalue weighted by molar-refractivity contribution is 7.91. The molecule has 288 valence electrons. The Hall–Kier alpha value is -2.30. The fourth-order valence-electron chi connectivity index (χ4n) is 14.0. The third kappa shape index (κ3) is 5.82. The van der Waals surface area contributed by atoms with Gasteiger partial charge in [0.25, 0.3) is 6.47 Å². The van der Waals surface area contributed by atoms with E-state index in [2.05, 4.69) is 50.9 Å². The maximum absolute atomic E-state index is 15.0. The first-order valence-electron chi connectivity index (χ1n) is 19.9. The zero-order valence-electron chi connectivity index (χ0n) is 32.2. The minimum absolute atomic E-state index is 0.0511. The molecule has 0 amide bonds. The lowest BCUT2D eigenvalue weighted by atomic mass is 9.33. The molecule has 1 saturated heterocycles. The summed E-state index contributed by atoms with van der Waals surface area (Å²) in [5.74, 6) is 0.603. The van der Waals surface area contributed by atoms with Gasteiger partial charge >= 0.3 is 5.97 Å². The highest BCUT2D eigenvalue weighted by Gasteiger charge is 2.70. The standard InChI is InChI=1S/C42H61FN2O6S/c1-27(37(47)48)29-11-16-42(44-19-20-45-21-23-52(49,50)24-22-45)18-17-40(5)31(36(29)42)8-10-35-39(4)14-12-30(28-7-9-33(51-26-46)32(43)25-28)38(2,3)34(39)13-15-41(35,40)6/h7,9,12,25-27,29,31,34-36,44H,8,10-11,13-24H2,1-6H3,(H,47,48)/t27?,29-,31+,34-,35+,36+,39-,40+,41+,42-/m0/s1. The average molecular weight is 741 g/mol. The molecule has 1 aromatic rings. The lowest BCUT2D eigenvalue weighted by molar-refractivity contribution is -0.221. The smallest absolute Gasteiger partial charge is 0.306 e. The molecule has 2 N–H and O–H groups in total.